The number of nitrogens with one attached hydrogen (secondary N) is 1. The molecule has 7 heteroatoms. The number of amides is 1. The zero-order valence-electron chi connectivity index (χ0n) is 19.6. The summed E-state index contributed by atoms with van der Waals surface area (Å²) in [5, 5.41) is 12.9. The minimum Gasteiger partial charge on any atom is -0.355 e. The van der Waals surface area contributed by atoms with E-state index in [0.717, 1.165) is 47.5 Å². The summed E-state index contributed by atoms with van der Waals surface area (Å²) in [6.07, 6.45) is 3.91. The van der Waals surface area contributed by atoms with Crippen LogP contribution in [-0.2, 0) is 4.79 Å². The zero-order chi connectivity index (χ0) is 23.0. The standard InChI is InChI=1S/C26H33N5OS/c1-20-7-11-22(12-8-20)25-28-29-26(31(25)23-13-9-21(2)10-14-23)33-19-5-6-24(32)27-15-18-30-16-3-4-17-30/h7-14H,3-6,15-19H2,1-2H3,(H,27,32). The second-order valence-corrected chi connectivity index (χ2v) is 9.76. The minimum atomic E-state index is 0.134. The van der Waals surface area contributed by atoms with Crippen LogP contribution in [0.15, 0.2) is 53.7 Å². The van der Waals surface area contributed by atoms with Crippen LogP contribution in [0.1, 0.15) is 36.8 Å². The number of likely N-dealkylation sites (tertiary alicyclic amines) is 1. The molecule has 0 aliphatic carbocycles. The third-order valence-corrected chi connectivity index (χ3v) is 6.98. The highest BCUT2D eigenvalue weighted by Gasteiger charge is 2.16. The van der Waals surface area contributed by atoms with E-state index in [-0.39, 0.29) is 5.91 Å². The summed E-state index contributed by atoms with van der Waals surface area (Å²) < 4.78 is 2.12. The fourth-order valence-electron chi connectivity index (χ4n) is 4.02. The molecule has 174 valence electrons. The van der Waals surface area contributed by atoms with Gasteiger partial charge in [-0.3, -0.25) is 9.36 Å². The molecule has 0 atom stereocenters. The van der Waals surface area contributed by atoms with E-state index in [2.05, 4.69) is 87.4 Å². The largest absolute Gasteiger partial charge is 0.355 e. The van der Waals surface area contributed by atoms with Gasteiger partial charge in [-0.2, -0.15) is 0 Å². The Hall–Kier alpha value is -2.64. The van der Waals surface area contributed by atoms with Crippen LogP contribution in [0.2, 0.25) is 0 Å². The molecular weight excluding hydrogens is 430 g/mol. The van der Waals surface area contributed by atoms with E-state index in [4.69, 9.17) is 0 Å². The number of carbonyl (C=O) groups is 1. The van der Waals surface area contributed by atoms with Crippen LogP contribution in [0, 0.1) is 13.8 Å². The molecule has 0 spiro atoms. The highest BCUT2D eigenvalue weighted by atomic mass is 32.2. The maximum Gasteiger partial charge on any atom is 0.220 e. The van der Waals surface area contributed by atoms with Gasteiger partial charge in [-0.25, -0.2) is 0 Å². The van der Waals surface area contributed by atoms with E-state index in [9.17, 15) is 4.79 Å². The van der Waals surface area contributed by atoms with E-state index in [1.165, 1.54) is 37.1 Å². The molecule has 1 aliphatic rings. The van der Waals surface area contributed by atoms with E-state index in [1.807, 2.05) is 0 Å². The van der Waals surface area contributed by atoms with Gasteiger partial charge < -0.3 is 10.2 Å². The quantitative estimate of drug-likeness (QED) is 0.351. The average Bonchev–Trinajstić information content (AvgIpc) is 3.48. The topological polar surface area (TPSA) is 63.1 Å². The molecule has 1 fully saturated rings. The number of thioether (sulfide) groups is 1. The summed E-state index contributed by atoms with van der Waals surface area (Å²) in [6, 6.07) is 16.8. The number of nitrogens with zero attached hydrogens (tertiary/aromatic N) is 4. The fraction of sp³-hybridized carbons (Fsp3) is 0.423. The molecule has 1 aromatic heterocycles. The van der Waals surface area contributed by atoms with Crippen molar-refractivity contribution in [1.82, 2.24) is 25.0 Å². The number of hydrogen-bond acceptors (Lipinski definition) is 5. The summed E-state index contributed by atoms with van der Waals surface area (Å²) in [5.74, 6) is 1.79. The van der Waals surface area contributed by atoms with Crippen LogP contribution < -0.4 is 5.32 Å². The number of hydrogen-bond donors (Lipinski definition) is 1. The molecule has 2 heterocycles. The molecule has 2 aromatic carbocycles. The van der Waals surface area contributed by atoms with Gasteiger partial charge in [0.2, 0.25) is 5.91 Å². The van der Waals surface area contributed by atoms with Crippen molar-refractivity contribution in [3.63, 3.8) is 0 Å². The minimum absolute atomic E-state index is 0.134. The molecule has 0 bridgehead atoms. The lowest BCUT2D eigenvalue weighted by molar-refractivity contribution is -0.121. The summed E-state index contributed by atoms with van der Waals surface area (Å²) in [7, 11) is 0. The molecule has 4 rings (SSSR count). The van der Waals surface area contributed by atoms with Crippen molar-refractivity contribution < 1.29 is 4.79 Å². The molecular formula is C26H33N5OS. The van der Waals surface area contributed by atoms with Gasteiger partial charge in [0, 0.05) is 36.5 Å². The lowest BCUT2D eigenvalue weighted by Crippen LogP contribution is -2.33. The van der Waals surface area contributed by atoms with Crippen molar-refractivity contribution >= 4 is 17.7 Å². The van der Waals surface area contributed by atoms with Crippen LogP contribution in [0.25, 0.3) is 17.1 Å². The predicted molar refractivity (Wildman–Crippen MR) is 135 cm³/mol. The van der Waals surface area contributed by atoms with Crippen LogP contribution in [0.5, 0.6) is 0 Å². The highest BCUT2D eigenvalue weighted by molar-refractivity contribution is 7.99. The van der Waals surface area contributed by atoms with Crippen molar-refractivity contribution in [1.29, 1.82) is 0 Å². The number of rotatable bonds is 10. The van der Waals surface area contributed by atoms with Crippen molar-refractivity contribution in [2.45, 2.75) is 44.7 Å². The first-order valence-electron chi connectivity index (χ1n) is 11.8. The van der Waals surface area contributed by atoms with Crippen molar-refractivity contribution in [2.75, 3.05) is 31.9 Å². The summed E-state index contributed by atoms with van der Waals surface area (Å²) in [5.41, 5.74) is 4.52. The van der Waals surface area contributed by atoms with Gasteiger partial charge in [0.25, 0.3) is 0 Å². The van der Waals surface area contributed by atoms with Crippen LogP contribution in [0.4, 0.5) is 0 Å². The van der Waals surface area contributed by atoms with Crippen molar-refractivity contribution in [3.05, 3.63) is 59.7 Å². The summed E-state index contributed by atoms with van der Waals surface area (Å²) >= 11 is 1.65. The lowest BCUT2D eigenvalue weighted by Gasteiger charge is -2.14. The van der Waals surface area contributed by atoms with E-state index in [1.54, 1.807) is 11.8 Å². The molecule has 1 N–H and O–H groups in total. The van der Waals surface area contributed by atoms with Gasteiger partial charge in [0.15, 0.2) is 11.0 Å². The number of carbonyl (C=O) groups excluding carboxylic acids is 1. The Morgan fingerprint density at radius 1 is 0.970 bits per heavy atom. The Morgan fingerprint density at radius 3 is 2.33 bits per heavy atom. The normalized spacial score (nSPS) is 14.0. The number of aryl methyl sites for hydroxylation is 2. The monoisotopic (exact) mass is 463 g/mol. The Labute approximate surface area is 200 Å². The molecule has 0 saturated carbocycles. The molecule has 33 heavy (non-hydrogen) atoms. The Morgan fingerprint density at radius 2 is 1.64 bits per heavy atom. The number of aromatic nitrogens is 3. The molecule has 6 nitrogen and oxygen atoms in total. The van der Waals surface area contributed by atoms with Crippen LogP contribution in [0.3, 0.4) is 0 Å². The first-order valence-corrected chi connectivity index (χ1v) is 12.8. The smallest absolute Gasteiger partial charge is 0.220 e. The summed E-state index contributed by atoms with van der Waals surface area (Å²) in [4.78, 5) is 14.6. The third-order valence-electron chi connectivity index (χ3n) is 5.96. The maximum atomic E-state index is 12.2. The van der Waals surface area contributed by atoms with Crippen LogP contribution in [-0.4, -0.2) is 57.5 Å². The lowest BCUT2D eigenvalue weighted by atomic mass is 10.1. The fourth-order valence-corrected chi connectivity index (χ4v) is 4.91. The van der Waals surface area contributed by atoms with E-state index >= 15 is 0 Å². The van der Waals surface area contributed by atoms with Gasteiger partial charge in [-0.15, -0.1) is 10.2 Å². The Bertz CT molecular complexity index is 1040. The Kier molecular flexibility index (Phi) is 8.18. The zero-order valence-corrected chi connectivity index (χ0v) is 20.4. The molecule has 1 saturated heterocycles. The Balaban J connectivity index is 1.36. The van der Waals surface area contributed by atoms with Gasteiger partial charge in [-0.05, 0) is 58.3 Å². The molecule has 0 radical (unpaired) electrons. The van der Waals surface area contributed by atoms with Gasteiger partial charge in [0.1, 0.15) is 0 Å². The molecule has 1 aliphatic heterocycles. The van der Waals surface area contributed by atoms with Gasteiger partial charge >= 0.3 is 0 Å². The average molecular weight is 464 g/mol. The maximum absolute atomic E-state index is 12.2. The SMILES string of the molecule is Cc1ccc(-c2nnc(SCCCC(=O)NCCN3CCCC3)n2-c2ccc(C)cc2)cc1. The van der Waals surface area contributed by atoms with E-state index in [0.29, 0.717) is 6.42 Å². The first kappa shape index (κ1) is 23.5. The van der Waals surface area contributed by atoms with Crippen LogP contribution >= 0.6 is 11.8 Å². The second-order valence-electron chi connectivity index (χ2n) is 8.69. The first-order chi connectivity index (χ1) is 16.1. The highest BCUT2D eigenvalue weighted by Crippen LogP contribution is 2.28. The van der Waals surface area contributed by atoms with Gasteiger partial charge in [0.05, 0.1) is 0 Å². The van der Waals surface area contributed by atoms with Crippen molar-refractivity contribution in [2.24, 2.45) is 0 Å². The predicted octanol–water partition coefficient (Wildman–Crippen LogP) is 4.64. The van der Waals surface area contributed by atoms with Crippen molar-refractivity contribution in [3.8, 4) is 17.1 Å². The second kappa shape index (κ2) is 11.5. The molecule has 0 unspecified atom stereocenters. The van der Waals surface area contributed by atoms with E-state index < -0.39 is 0 Å². The van der Waals surface area contributed by atoms with Gasteiger partial charge in [-0.1, -0.05) is 59.3 Å². The third kappa shape index (κ3) is 6.45. The molecule has 3 aromatic rings. The number of benzene rings is 2. The molecule has 1 amide bonds. The summed E-state index contributed by atoms with van der Waals surface area (Å²) in [6.45, 7) is 8.20.